The first kappa shape index (κ1) is 13.4. The molecule has 0 bridgehead atoms. The van der Waals surface area contributed by atoms with Crippen molar-refractivity contribution in [2.75, 3.05) is 0 Å². The minimum Gasteiger partial charge on any atom is -0.503 e. The summed E-state index contributed by atoms with van der Waals surface area (Å²) >= 11 is 5.62. The van der Waals surface area contributed by atoms with E-state index in [0.717, 1.165) is 11.1 Å². The Morgan fingerprint density at radius 3 is 2.68 bits per heavy atom. The quantitative estimate of drug-likeness (QED) is 0.919. The molecule has 1 heterocycles. The predicted molar refractivity (Wildman–Crippen MR) is 74.5 cm³/mol. The van der Waals surface area contributed by atoms with Gasteiger partial charge in [-0.1, -0.05) is 41.4 Å². The summed E-state index contributed by atoms with van der Waals surface area (Å²) in [4.78, 5) is 0. The molecule has 19 heavy (non-hydrogen) atoms. The van der Waals surface area contributed by atoms with Crippen molar-refractivity contribution in [1.29, 1.82) is 0 Å². The molecule has 0 aliphatic carbocycles. The van der Waals surface area contributed by atoms with Crippen molar-refractivity contribution in [2.24, 2.45) is 0 Å². The molecule has 0 radical (unpaired) electrons. The Labute approximate surface area is 116 Å². The zero-order valence-corrected chi connectivity index (χ0v) is 11.3. The van der Waals surface area contributed by atoms with E-state index in [1.165, 1.54) is 6.07 Å². The molecular formula is C14H13ClN2O2. The van der Waals surface area contributed by atoms with Gasteiger partial charge in [-0.3, -0.25) is 0 Å². The normalized spacial score (nSPS) is 10.1. The highest BCUT2D eigenvalue weighted by Crippen LogP contribution is 2.31. The van der Waals surface area contributed by atoms with Crippen molar-refractivity contribution in [3.05, 3.63) is 46.6 Å². The van der Waals surface area contributed by atoms with E-state index < -0.39 is 0 Å². The summed E-state index contributed by atoms with van der Waals surface area (Å²) in [6.45, 7) is 3.99. The number of hydrogen-bond acceptors (Lipinski definition) is 4. The van der Waals surface area contributed by atoms with Gasteiger partial charge in [0.05, 0.1) is 0 Å². The molecule has 0 aliphatic rings. The molecule has 2 aromatic rings. The van der Waals surface area contributed by atoms with Crippen LogP contribution in [0.3, 0.4) is 0 Å². The topological polar surface area (TPSA) is 55.2 Å². The van der Waals surface area contributed by atoms with E-state index in [-0.39, 0.29) is 16.8 Å². The smallest absolute Gasteiger partial charge is 0.281 e. The van der Waals surface area contributed by atoms with Crippen LogP contribution in [0.1, 0.15) is 19.4 Å². The zero-order valence-electron chi connectivity index (χ0n) is 10.6. The van der Waals surface area contributed by atoms with Gasteiger partial charge in [0.2, 0.25) is 0 Å². The van der Waals surface area contributed by atoms with Gasteiger partial charge in [-0.15, -0.1) is 10.2 Å². The fourth-order valence-electron chi connectivity index (χ4n) is 1.53. The third-order valence-electron chi connectivity index (χ3n) is 2.28. The van der Waals surface area contributed by atoms with E-state index in [4.69, 9.17) is 16.3 Å². The number of para-hydroxylation sites is 1. The maximum Gasteiger partial charge on any atom is 0.281 e. The Kier molecular flexibility index (Phi) is 4.02. The van der Waals surface area contributed by atoms with Crippen LogP contribution in [0.4, 0.5) is 0 Å². The summed E-state index contributed by atoms with van der Waals surface area (Å²) in [6, 6.07) is 8.76. The fraction of sp³-hybridized carbons (Fsp3) is 0.143. The number of allylic oxidation sites excluding steroid dienone is 1. The van der Waals surface area contributed by atoms with E-state index >= 15 is 0 Å². The first-order valence-electron chi connectivity index (χ1n) is 5.70. The first-order valence-corrected chi connectivity index (χ1v) is 6.08. The summed E-state index contributed by atoms with van der Waals surface area (Å²) in [5.41, 5.74) is 2.04. The summed E-state index contributed by atoms with van der Waals surface area (Å²) in [6.07, 6.45) is 1.98. The van der Waals surface area contributed by atoms with Gasteiger partial charge in [0.1, 0.15) is 5.75 Å². The van der Waals surface area contributed by atoms with E-state index in [1.54, 1.807) is 6.07 Å². The predicted octanol–water partition coefficient (Wildman–Crippen LogP) is 4.05. The van der Waals surface area contributed by atoms with Crippen molar-refractivity contribution < 1.29 is 9.84 Å². The highest BCUT2D eigenvalue weighted by molar-refractivity contribution is 6.29. The Bertz CT molecular complexity index is 623. The number of halogens is 1. The summed E-state index contributed by atoms with van der Waals surface area (Å²) in [7, 11) is 0. The van der Waals surface area contributed by atoms with Gasteiger partial charge in [-0.25, -0.2) is 0 Å². The van der Waals surface area contributed by atoms with Crippen LogP contribution in [0.5, 0.6) is 17.4 Å². The molecule has 0 aliphatic heterocycles. The summed E-state index contributed by atoms with van der Waals surface area (Å²) < 4.78 is 5.57. The first-order chi connectivity index (χ1) is 9.06. The lowest BCUT2D eigenvalue weighted by Crippen LogP contribution is -1.93. The Morgan fingerprint density at radius 1 is 1.26 bits per heavy atom. The minimum atomic E-state index is -0.146. The molecule has 1 aromatic carbocycles. The number of ether oxygens (including phenoxy) is 1. The Balaban J connectivity index is 2.35. The van der Waals surface area contributed by atoms with Crippen molar-refractivity contribution in [1.82, 2.24) is 10.2 Å². The number of aromatic hydroxyl groups is 1. The van der Waals surface area contributed by atoms with E-state index in [9.17, 15) is 5.11 Å². The maximum atomic E-state index is 9.70. The molecule has 4 nitrogen and oxygen atoms in total. The number of benzene rings is 1. The highest BCUT2D eigenvalue weighted by Gasteiger charge is 2.09. The molecule has 0 fully saturated rings. The van der Waals surface area contributed by atoms with Crippen LogP contribution < -0.4 is 4.74 Å². The van der Waals surface area contributed by atoms with Gasteiger partial charge in [-0.2, -0.15) is 0 Å². The monoisotopic (exact) mass is 276 g/mol. The molecule has 0 atom stereocenters. The van der Waals surface area contributed by atoms with Gasteiger partial charge in [0, 0.05) is 11.6 Å². The molecule has 0 unspecified atom stereocenters. The third-order valence-corrected chi connectivity index (χ3v) is 2.47. The van der Waals surface area contributed by atoms with Crippen molar-refractivity contribution >= 4 is 17.7 Å². The Hall–Kier alpha value is -2.07. The van der Waals surface area contributed by atoms with Crippen molar-refractivity contribution in [3.8, 4) is 17.4 Å². The lowest BCUT2D eigenvalue weighted by molar-refractivity contribution is 0.391. The largest absolute Gasteiger partial charge is 0.503 e. The summed E-state index contributed by atoms with van der Waals surface area (Å²) in [5, 5.41) is 17.2. The standard InChI is InChI=1S/C14H13ClN2O2/c1-9(2)7-10-5-3-4-6-12(10)19-14-11(18)8-13(15)16-17-14/h3-8H,1-2H3,(H,16,18). The maximum absolute atomic E-state index is 9.70. The SMILES string of the molecule is CC(C)=Cc1ccccc1Oc1nnc(Cl)cc1O. The second-order valence-corrected chi connectivity index (χ2v) is 4.61. The zero-order chi connectivity index (χ0) is 13.8. The van der Waals surface area contributed by atoms with Crippen LogP contribution >= 0.6 is 11.6 Å². The minimum absolute atomic E-state index is 0.0269. The van der Waals surface area contributed by atoms with E-state index in [1.807, 2.05) is 38.1 Å². The molecule has 0 saturated heterocycles. The van der Waals surface area contributed by atoms with Crippen molar-refractivity contribution in [2.45, 2.75) is 13.8 Å². The Morgan fingerprint density at radius 2 is 2.00 bits per heavy atom. The molecule has 1 aromatic heterocycles. The molecular weight excluding hydrogens is 264 g/mol. The second kappa shape index (κ2) is 5.71. The van der Waals surface area contributed by atoms with Gasteiger partial charge in [-0.05, 0) is 19.9 Å². The van der Waals surface area contributed by atoms with Crippen molar-refractivity contribution in [3.63, 3.8) is 0 Å². The van der Waals surface area contributed by atoms with Crippen LogP contribution in [0, 0.1) is 0 Å². The van der Waals surface area contributed by atoms with Gasteiger partial charge in [0.15, 0.2) is 10.9 Å². The van der Waals surface area contributed by atoms with Crippen LogP contribution in [0.2, 0.25) is 5.15 Å². The summed E-state index contributed by atoms with van der Waals surface area (Å²) in [5.74, 6) is 0.474. The number of rotatable bonds is 3. The van der Waals surface area contributed by atoms with E-state index in [2.05, 4.69) is 10.2 Å². The molecule has 0 spiro atoms. The van der Waals surface area contributed by atoms with Crippen LogP contribution in [-0.2, 0) is 0 Å². The lowest BCUT2D eigenvalue weighted by atomic mass is 10.1. The van der Waals surface area contributed by atoms with Crippen LogP contribution in [0.15, 0.2) is 35.9 Å². The molecule has 5 heteroatoms. The van der Waals surface area contributed by atoms with Crippen LogP contribution in [-0.4, -0.2) is 15.3 Å². The lowest BCUT2D eigenvalue weighted by Gasteiger charge is -2.08. The van der Waals surface area contributed by atoms with Gasteiger partial charge in [0.25, 0.3) is 5.88 Å². The molecule has 0 saturated carbocycles. The average molecular weight is 277 g/mol. The second-order valence-electron chi connectivity index (χ2n) is 4.22. The number of nitrogens with zero attached hydrogens (tertiary/aromatic N) is 2. The van der Waals surface area contributed by atoms with Gasteiger partial charge < -0.3 is 9.84 Å². The fourth-order valence-corrected chi connectivity index (χ4v) is 1.67. The molecule has 1 N–H and O–H groups in total. The van der Waals surface area contributed by atoms with Crippen LogP contribution in [0.25, 0.3) is 6.08 Å². The molecule has 98 valence electrons. The number of aromatic nitrogens is 2. The highest BCUT2D eigenvalue weighted by atomic mass is 35.5. The molecule has 0 amide bonds. The number of hydrogen-bond donors (Lipinski definition) is 1. The van der Waals surface area contributed by atoms with E-state index in [0.29, 0.717) is 5.75 Å². The third kappa shape index (κ3) is 3.45. The molecule has 2 rings (SSSR count). The average Bonchev–Trinajstić information content (AvgIpc) is 2.34. The van der Waals surface area contributed by atoms with Gasteiger partial charge >= 0.3 is 0 Å².